The zero-order valence-corrected chi connectivity index (χ0v) is 35.5. The van der Waals surface area contributed by atoms with Gasteiger partial charge in [0.05, 0.1) is 5.41 Å². The number of rotatable bonds is 6. The molecule has 0 amide bonds. The third kappa shape index (κ3) is 5.74. The van der Waals surface area contributed by atoms with Crippen molar-refractivity contribution < 1.29 is 4.74 Å². The maximum Gasteiger partial charge on any atom is 0.140 e. The van der Waals surface area contributed by atoms with E-state index in [2.05, 4.69) is 254 Å². The summed E-state index contributed by atoms with van der Waals surface area (Å²) < 4.78 is 7.16. The van der Waals surface area contributed by atoms with Gasteiger partial charge in [-0.1, -0.05) is 206 Å². The first-order valence-corrected chi connectivity index (χ1v) is 22.4. The second kappa shape index (κ2) is 14.8. The van der Waals surface area contributed by atoms with Gasteiger partial charge in [0.1, 0.15) is 11.5 Å². The molecule has 0 aromatic heterocycles. The van der Waals surface area contributed by atoms with Gasteiger partial charge in [-0.15, -0.1) is 0 Å². The van der Waals surface area contributed by atoms with E-state index < -0.39 is 5.41 Å². The van der Waals surface area contributed by atoms with E-state index in [1.54, 1.807) is 0 Å². The summed E-state index contributed by atoms with van der Waals surface area (Å²) >= 11 is 0. The zero-order valence-electron chi connectivity index (χ0n) is 35.5. The molecule has 2 heteroatoms. The molecule has 0 N–H and O–H groups in total. The van der Waals surface area contributed by atoms with Gasteiger partial charge in [-0.25, -0.2) is 0 Å². The Hall–Kier alpha value is -8.46. The fraction of sp³-hybridized carbons (Fsp3) is 0.0159. The van der Waals surface area contributed by atoms with Crippen LogP contribution in [0.25, 0.3) is 66.1 Å². The van der Waals surface area contributed by atoms with E-state index in [1.807, 2.05) is 0 Å². The summed E-state index contributed by atoms with van der Waals surface area (Å²) in [5.74, 6) is 1.87. The molecule has 11 aromatic carbocycles. The van der Waals surface area contributed by atoms with Crippen molar-refractivity contribution >= 4 is 38.6 Å². The van der Waals surface area contributed by atoms with Crippen molar-refractivity contribution in [3.8, 4) is 56.0 Å². The maximum absolute atomic E-state index is 7.16. The molecule has 0 radical (unpaired) electrons. The number of hydrogen-bond acceptors (Lipinski definition) is 2. The Morgan fingerprint density at radius 3 is 1.43 bits per heavy atom. The van der Waals surface area contributed by atoms with Crippen LogP contribution in [0, 0.1) is 0 Å². The lowest BCUT2D eigenvalue weighted by Gasteiger charge is -2.40. The van der Waals surface area contributed by atoms with Gasteiger partial charge in [-0.3, -0.25) is 0 Å². The van der Waals surface area contributed by atoms with Gasteiger partial charge in [0, 0.05) is 39.0 Å². The summed E-state index contributed by atoms with van der Waals surface area (Å²) in [4.78, 5) is 2.36. The van der Waals surface area contributed by atoms with E-state index in [1.165, 1.54) is 72.0 Å². The Morgan fingerprint density at radius 1 is 0.277 bits per heavy atom. The van der Waals surface area contributed by atoms with Crippen molar-refractivity contribution in [1.82, 2.24) is 0 Å². The van der Waals surface area contributed by atoms with Gasteiger partial charge in [-0.05, 0) is 109 Å². The van der Waals surface area contributed by atoms with E-state index in [0.717, 1.165) is 44.9 Å². The lowest BCUT2D eigenvalue weighted by molar-refractivity contribution is 0.447. The summed E-state index contributed by atoms with van der Waals surface area (Å²) in [6.07, 6.45) is 0. The number of para-hydroxylation sites is 1. The van der Waals surface area contributed by atoms with Gasteiger partial charge in [0.25, 0.3) is 0 Å². The highest BCUT2D eigenvalue weighted by atomic mass is 16.5. The van der Waals surface area contributed by atoms with Gasteiger partial charge >= 0.3 is 0 Å². The molecule has 2 aliphatic rings. The SMILES string of the molecule is c1ccc(-c2ccc(N(c3ccccc3)c3ccc(-c4ccc5c(c4)-c4ccccc4C54c5ccc6ccccc6c5Oc5c4ccc4ccccc54)cc3)cc2-c2ccccc2)cc1. The van der Waals surface area contributed by atoms with Gasteiger partial charge in [-0.2, -0.15) is 0 Å². The molecule has 0 unspecified atom stereocenters. The van der Waals surface area contributed by atoms with Crippen molar-refractivity contribution in [2.45, 2.75) is 5.41 Å². The van der Waals surface area contributed by atoms with Crippen LogP contribution in [0.2, 0.25) is 0 Å². The molecule has 304 valence electrons. The molecule has 0 bridgehead atoms. The third-order valence-corrected chi connectivity index (χ3v) is 13.7. The monoisotopic (exact) mass is 827 g/mol. The highest BCUT2D eigenvalue weighted by Crippen LogP contribution is 2.64. The Morgan fingerprint density at radius 2 is 0.769 bits per heavy atom. The van der Waals surface area contributed by atoms with E-state index in [9.17, 15) is 0 Å². The Kier molecular flexibility index (Phi) is 8.47. The molecule has 1 aliphatic heterocycles. The number of fused-ring (bicyclic) bond motifs is 13. The van der Waals surface area contributed by atoms with E-state index >= 15 is 0 Å². The Labute approximate surface area is 378 Å². The maximum atomic E-state index is 7.16. The van der Waals surface area contributed by atoms with E-state index in [0.29, 0.717) is 0 Å². The highest BCUT2D eigenvalue weighted by Gasteiger charge is 2.51. The van der Waals surface area contributed by atoms with Crippen LogP contribution in [0.1, 0.15) is 22.3 Å². The molecule has 1 spiro atoms. The van der Waals surface area contributed by atoms with Crippen LogP contribution in [-0.4, -0.2) is 0 Å². The van der Waals surface area contributed by atoms with Crippen LogP contribution in [0.4, 0.5) is 17.1 Å². The van der Waals surface area contributed by atoms with E-state index in [4.69, 9.17) is 4.74 Å². The average Bonchev–Trinajstić information content (AvgIpc) is 3.67. The molecule has 0 saturated heterocycles. The molecule has 0 fully saturated rings. The third-order valence-electron chi connectivity index (χ3n) is 13.7. The van der Waals surface area contributed by atoms with Crippen molar-refractivity contribution in [2.75, 3.05) is 4.90 Å². The molecule has 11 aromatic rings. The Balaban J connectivity index is 0.954. The minimum Gasteiger partial charge on any atom is -0.455 e. The summed E-state index contributed by atoms with van der Waals surface area (Å²) in [7, 11) is 0. The van der Waals surface area contributed by atoms with E-state index in [-0.39, 0.29) is 0 Å². The minimum atomic E-state index is -0.573. The quantitative estimate of drug-likeness (QED) is 0.166. The standard InChI is InChI=1S/C63H41NO/c1-4-16-43(17-5-1)51-36-35-50(41-55(51)44-18-6-2-7-19-44)64(48-22-8-3-9-23-48)49-33-28-42(29-34-49)47-32-37-58-56(40-47)54-26-14-15-27-57(54)63(58)59-38-30-45-20-10-12-24-52(45)61(59)65-62-53-25-13-11-21-46(53)31-39-60(62)63/h1-41H. The molecule has 2 nitrogen and oxygen atoms in total. The van der Waals surface area contributed by atoms with Crippen LogP contribution >= 0.6 is 0 Å². The van der Waals surface area contributed by atoms with Crippen LogP contribution in [0.5, 0.6) is 11.5 Å². The lowest BCUT2D eigenvalue weighted by atomic mass is 9.65. The zero-order chi connectivity index (χ0) is 42.9. The second-order valence-electron chi connectivity index (χ2n) is 17.2. The summed E-state index contributed by atoms with van der Waals surface area (Å²) in [5.41, 5.74) is 17.3. The normalized spacial score (nSPS) is 12.9. The van der Waals surface area contributed by atoms with Crippen molar-refractivity contribution in [3.05, 3.63) is 271 Å². The predicted molar refractivity (Wildman–Crippen MR) is 270 cm³/mol. The van der Waals surface area contributed by atoms with Crippen LogP contribution < -0.4 is 9.64 Å². The van der Waals surface area contributed by atoms with Crippen molar-refractivity contribution in [1.29, 1.82) is 0 Å². The number of anilines is 3. The van der Waals surface area contributed by atoms with Crippen LogP contribution in [-0.2, 0) is 5.41 Å². The molecule has 1 aliphatic carbocycles. The molecule has 0 saturated carbocycles. The van der Waals surface area contributed by atoms with Crippen LogP contribution in [0.15, 0.2) is 249 Å². The van der Waals surface area contributed by atoms with Gasteiger partial charge in [0.15, 0.2) is 0 Å². The predicted octanol–water partition coefficient (Wildman–Crippen LogP) is 16.9. The number of benzene rings is 11. The molecule has 1 heterocycles. The summed E-state index contributed by atoms with van der Waals surface area (Å²) in [5, 5.41) is 4.58. The average molecular weight is 828 g/mol. The van der Waals surface area contributed by atoms with Gasteiger partial charge < -0.3 is 9.64 Å². The molecular formula is C63H41NO. The lowest BCUT2D eigenvalue weighted by Crippen LogP contribution is -2.32. The molecule has 13 rings (SSSR count). The largest absolute Gasteiger partial charge is 0.455 e. The first kappa shape index (κ1) is 37.1. The smallest absolute Gasteiger partial charge is 0.140 e. The first-order valence-electron chi connectivity index (χ1n) is 22.4. The summed E-state index contributed by atoms with van der Waals surface area (Å²) in [6.45, 7) is 0. The minimum absolute atomic E-state index is 0.573. The highest BCUT2D eigenvalue weighted by molar-refractivity contribution is 6.00. The number of nitrogens with zero attached hydrogens (tertiary/aromatic N) is 1. The fourth-order valence-electron chi connectivity index (χ4n) is 10.8. The van der Waals surface area contributed by atoms with Crippen LogP contribution in [0.3, 0.4) is 0 Å². The molecule has 65 heavy (non-hydrogen) atoms. The summed E-state index contributed by atoms with van der Waals surface area (Å²) in [6, 6.07) is 90.5. The fourth-order valence-corrected chi connectivity index (χ4v) is 10.8. The second-order valence-corrected chi connectivity index (χ2v) is 17.2. The number of hydrogen-bond donors (Lipinski definition) is 0. The number of ether oxygens (including phenoxy) is 1. The van der Waals surface area contributed by atoms with Gasteiger partial charge in [0.2, 0.25) is 0 Å². The Bertz CT molecular complexity index is 3530. The molecule has 0 atom stereocenters. The van der Waals surface area contributed by atoms with Crippen molar-refractivity contribution in [2.24, 2.45) is 0 Å². The van der Waals surface area contributed by atoms with Crippen molar-refractivity contribution in [3.63, 3.8) is 0 Å². The first-order chi connectivity index (χ1) is 32.2. The molecular weight excluding hydrogens is 787 g/mol. The topological polar surface area (TPSA) is 12.5 Å².